The standard InChI is InChI=1S/C42H43Cl2N5O5/c1-52-40-27(24-46-23-25-11-14-29(50)21-25)12-16-36(48-40)34-10-4-9-33(39(34)44)30-7-3-8-32-31(30)15-17-37(32)54-42-35(43)22-26(41(49-42)53-20-19-45)5-2-6-28-13-18-38(51)47-28/h3-4,7-10,12,16,22,25,28,37,46H,2,5-6,11,13-15,17-18,20-21,23-24H2,1H3,(H,47,51)/t25-,28-,37+/m1/s1. The molecule has 3 heterocycles. The Hall–Kier alpha value is -4.69. The number of nitriles is 1. The van der Waals surface area contributed by atoms with E-state index in [-0.39, 0.29) is 30.5 Å². The van der Waals surface area contributed by atoms with Gasteiger partial charge in [-0.25, -0.2) is 4.98 Å². The first-order valence-corrected chi connectivity index (χ1v) is 19.4. The van der Waals surface area contributed by atoms with Gasteiger partial charge in [0.2, 0.25) is 23.5 Å². The third-order valence-electron chi connectivity index (χ3n) is 10.6. The van der Waals surface area contributed by atoms with Crippen molar-refractivity contribution in [3.63, 3.8) is 0 Å². The number of ketones is 1. The lowest BCUT2D eigenvalue weighted by molar-refractivity contribution is -0.119. The average molecular weight is 769 g/mol. The number of rotatable bonds is 15. The fourth-order valence-corrected chi connectivity index (χ4v) is 8.43. The molecule has 280 valence electrons. The lowest BCUT2D eigenvalue weighted by Gasteiger charge is -2.18. The number of carbonyl (C=O) groups excluding carboxylic acids is 2. The van der Waals surface area contributed by atoms with E-state index in [4.69, 9.17) is 42.4 Å². The first-order valence-electron chi connectivity index (χ1n) is 18.6. The number of fused-ring (bicyclic) bond motifs is 1. The van der Waals surface area contributed by atoms with Gasteiger partial charge < -0.3 is 24.8 Å². The van der Waals surface area contributed by atoms with E-state index in [9.17, 15) is 14.9 Å². The maximum Gasteiger partial charge on any atom is 0.236 e. The van der Waals surface area contributed by atoms with Crippen molar-refractivity contribution in [2.45, 2.75) is 82.9 Å². The van der Waals surface area contributed by atoms with Crippen molar-refractivity contribution < 1.29 is 23.8 Å². The Morgan fingerprint density at radius 2 is 1.76 bits per heavy atom. The number of nitrogens with zero attached hydrogens (tertiary/aromatic N) is 3. The number of benzene rings is 2. The van der Waals surface area contributed by atoms with Gasteiger partial charge in [0.1, 0.15) is 23.0 Å². The fraction of sp³-hybridized carbons (Fsp3) is 0.405. The van der Waals surface area contributed by atoms with Gasteiger partial charge in [0.25, 0.3) is 0 Å². The van der Waals surface area contributed by atoms with Gasteiger partial charge in [0.05, 0.1) is 17.8 Å². The summed E-state index contributed by atoms with van der Waals surface area (Å²) in [4.78, 5) is 32.8. The molecule has 1 aliphatic heterocycles. The highest BCUT2D eigenvalue weighted by molar-refractivity contribution is 6.36. The summed E-state index contributed by atoms with van der Waals surface area (Å²) in [5.41, 5.74) is 7.34. The van der Waals surface area contributed by atoms with Gasteiger partial charge in [-0.15, -0.1) is 0 Å². The van der Waals surface area contributed by atoms with Crippen molar-refractivity contribution in [2.75, 3.05) is 20.3 Å². The van der Waals surface area contributed by atoms with Gasteiger partial charge in [0.15, 0.2) is 6.61 Å². The van der Waals surface area contributed by atoms with Gasteiger partial charge in [-0.1, -0.05) is 65.7 Å². The second-order valence-electron chi connectivity index (χ2n) is 14.2. The van der Waals surface area contributed by atoms with E-state index in [1.54, 1.807) is 7.11 Å². The minimum Gasteiger partial charge on any atom is -0.481 e. The van der Waals surface area contributed by atoms with E-state index in [1.807, 2.05) is 48.5 Å². The second-order valence-corrected chi connectivity index (χ2v) is 15.0. The largest absolute Gasteiger partial charge is 0.481 e. The second kappa shape index (κ2) is 17.2. The number of Topliss-reactive ketones (excluding diaryl/α,β-unsaturated/α-hetero) is 1. The van der Waals surface area contributed by atoms with Crippen LogP contribution in [0, 0.1) is 17.2 Å². The van der Waals surface area contributed by atoms with Crippen LogP contribution in [0.3, 0.4) is 0 Å². The van der Waals surface area contributed by atoms with Crippen LogP contribution in [0.1, 0.15) is 79.7 Å². The van der Waals surface area contributed by atoms with E-state index in [1.165, 1.54) is 0 Å². The molecule has 0 bridgehead atoms. The Labute approximate surface area is 325 Å². The monoisotopic (exact) mass is 767 g/mol. The molecule has 1 amide bonds. The summed E-state index contributed by atoms with van der Waals surface area (Å²) in [5.74, 6) is 1.95. The lowest BCUT2D eigenvalue weighted by atomic mass is 9.94. The quantitative estimate of drug-likeness (QED) is 0.123. The number of methoxy groups -OCH3 is 1. The summed E-state index contributed by atoms with van der Waals surface area (Å²) < 4.78 is 17.9. The number of amides is 1. The zero-order chi connectivity index (χ0) is 37.6. The highest BCUT2D eigenvalue weighted by Gasteiger charge is 2.29. The van der Waals surface area contributed by atoms with Crippen LogP contribution < -0.4 is 24.8 Å². The van der Waals surface area contributed by atoms with E-state index >= 15 is 0 Å². The van der Waals surface area contributed by atoms with Crippen LogP contribution in [-0.2, 0) is 29.0 Å². The predicted molar refractivity (Wildman–Crippen MR) is 207 cm³/mol. The Bertz CT molecular complexity index is 2090. The number of hydrogen-bond acceptors (Lipinski definition) is 9. The van der Waals surface area contributed by atoms with E-state index in [0.717, 1.165) is 84.0 Å². The number of ether oxygens (including phenoxy) is 3. The first-order chi connectivity index (χ1) is 26.3. The van der Waals surface area contributed by atoms with Crippen molar-refractivity contribution in [1.82, 2.24) is 20.6 Å². The van der Waals surface area contributed by atoms with E-state index < -0.39 is 0 Å². The van der Waals surface area contributed by atoms with Crippen LogP contribution in [0.15, 0.2) is 54.6 Å². The SMILES string of the molecule is COc1nc(-c2cccc(-c3cccc4c3CC[C@@H]4Oc3nc(OCC#N)c(CCC[C@@H]4CCC(=O)N4)cc3Cl)c2Cl)ccc1CNC[C@@H]1CCC(=O)C1. The third-order valence-corrected chi connectivity index (χ3v) is 11.3. The van der Waals surface area contributed by atoms with Crippen LogP contribution in [-0.4, -0.2) is 48.0 Å². The van der Waals surface area contributed by atoms with Gasteiger partial charge in [-0.2, -0.15) is 10.2 Å². The first kappa shape index (κ1) is 37.6. The molecule has 0 spiro atoms. The number of nitrogens with one attached hydrogen (secondary N) is 2. The van der Waals surface area contributed by atoms with Crippen LogP contribution >= 0.6 is 23.2 Å². The molecule has 54 heavy (non-hydrogen) atoms. The molecule has 2 N–H and O–H groups in total. The number of carbonyl (C=O) groups is 2. The predicted octanol–water partition coefficient (Wildman–Crippen LogP) is 8.15. The zero-order valence-electron chi connectivity index (χ0n) is 30.3. The molecule has 2 fully saturated rings. The molecule has 3 aliphatic rings. The van der Waals surface area contributed by atoms with Gasteiger partial charge >= 0.3 is 0 Å². The minimum atomic E-state index is -0.297. The highest BCUT2D eigenvalue weighted by atomic mass is 35.5. The number of halogens is 2. The Morgan fingerprint density at radius 3 is 2.54 bits per heavy atom. The molecule has 1 saturated heterocycles. The average Bonchev–Trinajstić information content (AvgIpc) is 3.91. The normalized spacial score (nSPS) is 19.0. The van der Waals surface area contributed by atoms with Gasteiger partial charge in [0, 0.05) is 54.1 Å². The van der Waals surface area contributed by atoms with Crippen molar-refractivity contribution in [3.8, 4) is 46.1 Å². The number of pyridine rings is 2. The highest BCUT2D eigenvalue weighted by Crippen LogP contribution is 2.45. The lowest BCUT2D eigenvalue weighted by Crippen LogP contribution is -2.25. The van der Waals surface area contributed by atoms with Crippen LogP contribution in [0.25, 0.3) is 22.4 Å². The van der Waals surface area contributed by atoms with E-state index in [2.05, 4.69) is 27.8 Å². The molecule has 10 nitrogen and oxygen atoms in total. The Morgan fingerprint density at radius 1 is 0.926 bits per heavy atom. The molecule has 3 atom stereocenters. The molecule has 7 rings (SSSR count). The third kappa shape index (κ3) is 8.49. The van der Waals surface area contributed by atoms with Crippen LogP contribution in [0.5, 0.6) is 17.6 Å². The molecule has 2 aromatic heterocycles. The van der Waals surface area contributed by atoms with Crippen molar-refractivity contribution in [3.05, 3.63) is 86.9 Å². The number of aromatic nitrogens is 2. The van der Waals surface area contributed by atoms with Crippen molar-refractivity contribution in [1.29, 1.82) is 5.26 Å². The van der Waals surface area contributed by atoms with Crippen molar-refractivity contribution >= 4 is 34.9 Å². The van der Waals surface area contributed by atoms with Crippen molar-refractivity contribution in [2.24, 2.45) is 5.92 Å². The maximum atomic E-state index is 11.7. The Balaban J connectivity index is 1.07. The summed E-state index contributed by atoms with van der Waals surface area (Å²) in [5, 5.41) is 16.7. The summed E-state index contributed by atoms with van der Waals surface area (Å²) in [6.45, 7) is 1.23. The molecule has 12 heteroatoms. The summed E-state index contributed by atoms with van der Waals surface area (Å²) in [7, 11) is 1.62. The van der Waals surface area contributed by atoms with Crippen LogP contribution in [0.4, 0.5) is 0 Å². The molecule has 2 aromatic carbocycles. The van der Waals surface area contributed by atoms with E-state index in [0.29, 0.717) is 71.4 Å². The zero-order valence-corrected chi connectivity index (χ0v) is 31.8. The maximum absolute atomic E-state index is 11.7. The Kier molecular flexibility index (Phi) is 12.0. The molecule has 2 aliphatic carbocycles. The smallest absolute Gasteiger partial charge is 0.236 e. The number of hydrogen-bond donors (Lipinski definition) is 2. The molecule has 0 radical (unpaired) electrons. The molecular formula is C42H43Cl2N5O5. The summed E-state index contributed by atoms with van der Waals surface area (Å²) in [6, 6.07) is 20.1. The summed E-state index contributed by atoms with van der Waals surface area (Å²) in [6.07, 6.45) is 7.17. The topological polar surface area (TPSA) is 135 Å². The fourth-order valence-electron chi connectivity index (χ4n) is 7.88. The van der Waals surface area contributed by atoms with Gasteiger partial charge in [-0.3, -0.25) is 9.59 Å². The minimum absolute atomic E-state index is 0.0984. The molecular weight excluding hydrogens is 725 g/mol. The molecule has 0 unspecified atom stereocenters. The molecule has 4 aromatic rings. The number of aryl methyl sites for hydroxylation is 1. The van der Waals surface area contributed by atoms with Gasteiger partial charge in [-0.05, 0) is 86.2 Å². The summed E-state index contributed by atoms with van der Waals surface area (Å²) >= 11 is 14.0. The molecule has 1 saturated carbocycles. The van der Waals surface area contributed by atoms with Crippen LogP contribution in [0.2, 0.25) is 10.0 Å².